The minimum Gasteiger partial charge on any atom is -0.460 e. The second-order valence-electron chi connectivity index (χ2n) is 34.1. The third-order valence-corrected chi connectivity index (χ3v) is 24.7. The van der Waals surface area contributed by atoms with Crippen LogP contribution in [0.1, 0.15) is 149 Å². The molecule has 0 radical (unpaired) electrons. The number of methoxy groups -OCH3 is 3. The van der Waals surface area contributed by atoms with Gasteiger partial charge in [0.1, 0.15) is 53.8 Å². The predicted octanol–water partition coefficient (Wildman–Crippen LogP) is 8.97. The number of piperidine rings is 1. The Bertz CT molecular complexity index is 4460. The Labute approximate surface area is 744 Å². The van der Waals surface area contributed by atoms with Crippen molar-refractivity contribution in [3.05, 3.63) is 107 Å². The number of alkyl carbamates (subject to hydrolysis) is 1. The maximum Gasteiger partial charge on any atom is 0.407 e. The number of benzene rings is 2. The molecule has 3 fully saturated rings. The molecule has 0 unspecified atom stereocenters. The fourth-order valence-corrected chi connectivity index (χ4v) is 17.3. The van der Waals surface area contributed by atoms with Crippen LogP contribution in [0, 0.1) is 35.5 Å². The highest BCUT2D eigenvalue weighted by Gasteiger charge is 2.53. The van der Waals surface area contributed by atoms with Gasteiger partial charge >= 0.3 is 12.1 Å². The molecule has 2 bridgehead atoms. The number of aromatic nitrogens is 5. The van der Waals surface area contributed by atoms with Crippen molar-refractivity contribution in [1.29, 1.82) is 0 Å². The van der Waals surface area contributed by atoms with Crippen molar-refractivity contribution in [2.24, 2.45) is 35.5 Å². The lowest BCUT2D eigenvalue weighted by molar-refractivity contribution is -0.265. The lowest BCUT2D eigenvalue weighted by Gasteiger charge is -2.43. The van der Waals surface area contributed by atoms with Gasteiger partial charge in [0, 0.05) is 83.7 Å². The Morgan fingerprint density at radius 3 is 2.05 bits per heavy atom. The third-order valence-electron chi connectivity index (χ3n) is 24.7. The van der Waals surface area contributed by atoms with Crippen molar-refractivity contribution in [2.75, 3.05) is 158 Å². The highest BCUT2D eigenvalue weighted by Crippen LogP contribution is 2.40. The fraction of sp³-hybridized carbons (Fsp3) is 0.656. The van der Waals surface area contributed by atoms with E-state index in [2.05, 4.69) is 38.5 Å². The molecule has 16 atom stereocenters. The van der Waals surface area contributed by atoms with Crippen LogP contribution in [0.4, 0.5) is 16.6 Å². The maximum absolute atomic E-state index is 15.0. The minimum atomic E-state index is -2.50. The second-order valence-corrected chi connectivity index (χ2v) is 34.1. The van der Waals surface area contributed by atoms with Crippen LogP contribution in [-0.2, 0) is 110 Å². The van der Waals surface area contributed by atoms with E-state index in [1.165, 1.54) is 23.9 Å². The maximum atomic E-state index is 15.0. The number of nitrogen functional groups attached to an aromatic ring is 2. The van der Waals surface area contributed by atoms with Crippen molar-refractivity contribution in [1.82, 2.24) is 39.8 Å². The monoisotopic (exact) mass is 1780 g/mol. The molecule has 0 spiro atoms. The molecular formula is C93H136N10O24. The molecule has 7 heterocycles. The first-order valence-electron chi connectivity index (χ1n) is 45.0. The van der Waals surface area contributed by atoms with Crippen LogP contribution < -0.4 is 16.8 Å². The van der Waals surface area contributed by atoms with Gasteiger partial charge in [-0.3, -0.25) is 19.2 Å². The number of Topliss-reactive ketones (excluding diaryl/α,β-unsaturated/α-hetero) is 2. The number of allylic oxidation sites excluding steroid dienone is 5. The summed E-state index contributed by atoms with van der Waals surface area (Å²) in [6.07, 6.45) is 10.9. The van der Waals surface area contributed by atoms with Gasteiger partial charge in [0.2, 0.25) is 11.7 Å². The predicted molar refractivity (Wildman–Crippen MR) is 471 cm³/mol. The van der Waals surface area contributed by atoms with Crippen LogP contribution in [0.15, 0.2) is 94.7 Å². The van der Waals surface area contributed by atoms with Crippen LogP contribution in [-0.4, -0.2) is 293 Å². The molecule has 4 aliphatic heterocycles. The van der Waals surface area contributed by atoms with Crippen LogP contribution in [0.5, 0.6) is 0 Å². The number of carbonyl (C=O) groups excluding carboxylic acids is 6. The fourth-order valence-electron chi connectivity index (χ4n) is 17.3. The Morgan fingerprint density at radius 1 is 0.701 bits per heavy atom. The molecule has 1 saturated carbocycles. The average molecular weight is 1780 g/mol. The number of esters is 1. The average Bonchev–Trinajstić information content (AvgIpc) is 1.14. The molecule has 2 aromatic carbocycles. The molecule has 10 rings (SSSR count). The largest absolute Gasteiger partial charge is 0.460 e. The number of aliphatic hydroxyl groups is 3. The van der Waals surface area contributed by atoms with Crippen LogP contribution in [0.3, 0.4) is 0 Å². The number of nitrogens with one attached hydrogen (secondary N) is 1. The van der Waals surface area contributed by atoms with E-state index in [1.807, 2.05) is 79.8 Å². The number of nitrogens with two attached hydrogens (primary N) is 2. The number of oxazole rings is 1. The number of carbonyl (C=O) groups is 6. The summed E-state index contributed by atoms with van der Waals surface area (Å²) in [5, 5.41) is 43.4. The zero-order valence-electron chi connectivity index (χ0n) is 75.6. The number of hydrogen-bond donors (Lipinski definition) is 6. The topological polar surface area (TPSA) is 433 Å². The molecule has 1 aliphatic carbocycles. The summed E-state index contributed by atoms with van der Waals surface area (Å²) in [5.41, 5.74) is 19.9. The van der Waals surface area contributed by atoms with Crippen LogP contribution >= 0.6 is 0 Å². The van der Waals surface area contributed by atoms with Gasteiger partial charge in [0.05, 0.1) is 148 Å². The highest BCUT2D eigenvalue weighted by atomic mass is 16.6. The molecule has 34 heteroatoms. The van der Waals surface area contributed by atoms with Crippen molar-refractivity contribution in [2.45, 2.75) is 212 Å². The number of anilines is 2. The number of fused-ring (bicyclic) bond motifs is 6. The normalized spacial score (nSPS) is 27.6. The summed E-state index contributed by atoms with van der Waals surface area (Å²) in [6.45, 7) is 19.7. The Hall–Kier alpha value is -8.56. The lowest BCUT2D eigenvalue weighted by atomic mass is 9.78. The van der Waals surface area contributed by atoms with E-state index in [1.54, 1.807) is 47.1 Å². The lowest BCUT2D eigenvalue weighted by Crippen LogP contribution is -2.61. The Morgan fingerprint density at radius 2 is 1.38 bits per heavy atom. The van der Waals surface area contributed by atoms with Gasteiger partial charge < -0.3 is 113 Å². The van der Waals surface area contributed by atoms with E-state index >= 15 is 4.79 Å². The van der Waals surface area contributed by atoms with Crippen molar-refractivity contribution in [3.63, 3.8) is 0 Å². The second kappa shape index (κ2) is 51.1. The molecule has 127 heavy (non-hydrogen) atoms. The quantitative estimate of drug-likeness (QED) is 0.00934. The summed E-state index contributed by atoms with van der Waals surface area (Å²) >= 11 is 0. The first kappa shape index (κ1) is 101. The highest BCUT2D eigenvalue weighted by molar-refractivity contribution is 6.39. The number of nitrogens with zero attached hydrogens (tertiary/aromatic N) is 7. The molecule has 2 saturated heterocycles. The number of cyclic esters (lactones) is 1. The van der Waals surface area contributed by atoms with Crippen LogP contribution in [0.25, 0.3) is 33.4 Å². The SMILES string of the molecule is CO[C@H]1C[C@@H]2CC[C@@H](C)[C@@](O)(O2)C(=O)C(=O)N2CCCC[C@H]2C(=O)O[C@H]([C@H](C)C[C@@H]2CC[C@@H](O)[C@H](OC)C2)C[C@@H](OC(=O)NCCOCCOCCOCCOCCOCCOCCOCCOCCC(=O)N2CCc3cc(Cn4nc(-c5ccc6oc(N)nc6c5)c5c(N)ncnc54)ccc3C2)[C@H](C)/C=C(\C)[C@@H](O)[C@@H](OC)C(=O)[C@H](C)C[C@H](C)/C=C/C=C/C=C/1C. The summed E-state index contributed by atoms with van der Waals surface area (Å²) in [6, 6.07) is 10.7. The Kier molecular flexibility index (Phi) is 40.5. The van der Waals surface area contributed by atoms with Gasteiger partial charge in [-0.1, -0.05) is 89.3 Å². The number of aliphatic hydroxyl groups excluding tert-OH is 2. The molecule has 3 aromatic heterocycles. The van der Waals surface area contributed by atoms with Crippen molar-refractivity contribution in [3.8, 4) is 11.3 Å². The van der Waals surface area contributed by atoms with Crippen molar-refractivity contribution < 1.29 is 115 Å². The summed E-state index contributed by atoms with van der Waals surface area (Å²) in [4.78, 5) is 102. The van der Waals surface area contributed by atoms with E-state index in [-0.39, 0.29) is 88.1 Å². The van der Waals surface area contributed by atoms with Gasteiger partial charge in [-0.15, -0.1) is 0 Å². The van der Waals surface area contributed by atoms with E-state index in [4.69, 9.17) is 87.3 Å². The Balaban J connectivity index is 0.603. The standard InChI is InChI=1S/C93H136N10O24/c1-59-16-12-11-13-17-60(2)76(113-8)54-71-24-19-65(7)93(112,127-71)86(108)89(109)102-30-15-14-18-73(102)90(110)124-77(62(4)50-66-21-25-74(104)79(52-66)114-9)55-78(61(3)49-64(6)84(107)85(115-10)83(106)63(5)48-59)126-92(111)96-29-33-117-35-37-119-39-41-121-43-45-123-47-46-122-44-42-120-40-38-118-36-34-116-32-28-80(105)101-31-27-68-51-67(20-22-70(68)57-101)56-103-88-81(87(94)97-58-98-88)82(100-103)69-23-26-75-72(53-69)99-91(95)125-75/h11-13,16-17,20,22-23,26,49,51,53,58-59,61-63,65-66,71,73-74,76-79,84-85,104,107,112H,14-15,18-19,21,24-25,27-48,50,52,54-57H2,1-10H3,(H2,95,99)(H,96,111)(H2,94,97,98)/b13-11+,16-12+,60-17+,64-49+/t59-,61-,62-,63-,65-,66+,71+,73+,74-,76+,77+,78-,79-,84-,85+,93-/m1/s1. The minimum absolute atomic E-state index is 0.0342. The van der Waals surface area contributed by atoms with E-state index in [0.29, 0.717) is 203 Å². The number of amides is 3. The molecule has 8 N–H and O–H groups in total. The molecule has 5 aromatic rings. The smallest absolute Gasteiger partial charge is 0.407 e. The molecule has 5 aliphatic rings. The zero-order chi connectivity index (χ0) is 90.9. The van der Waals surface area contributed by atoms with Gasteiger partial charge in [0.25, 0.3) is 17.7 Å². The molecule has 34 nitrogen and oxygen atoms in total. The van der Waals surface area contributed by atoms with Crippen LogP contribution in [0.2, 0.25) is 0 Å². The van der Waals surface area contributed by atoms with E-state index in [0.717, 1.165) is 28.7 Å². The van der Waals surface area contributed by atoms with Crippen molar-refractivity contribution >= 4 is 69.4 Å². The summed E-state index contributed by atoms with van der Waals surface area (Å²) < 4.78 is 89.2. The van der Waals surface area contributed by atoms with Gasteiger partial charge in [0.15, 0.2) is 17.0 Å². The molecule has 702 valence electrons. The molecule has 3 amide bonds. The van der Waals surface area contributed by atoms with E-state index in [9.17, 15) is 39.3 Å². The number of rotatable bonds is 37. The number of ketones is 2. The van der Waals surface area contributed by atoms with Gasteiger partial charge in [-0.2, -0.15) is 10.1 Å². The number of hydrogen-bond acceptors (Lipinski definition) is 30. The van der Waals surface area contributed by atoms with Gasteiger partial charge in [-0.25, -0.2) is 24.2 Å². The van der Waals surface area contributed by atoms with E-state index < -0.39 is 108 Å². The number of ether oxygens (including phenoxy) is 14. The van der Waals surface area contributed by atoms with Gasteiger partial charge in [-0.05, 0) is 148 Å². The first-order chi connectivity index (χ1) is 61.3. The summed E-state index contributed by atoms with van der Waals surface area (Å²) in [7, 11) is 4.51. The summed E-state index contributed by atoms with van der Waals surface area (Å²) in [5.74, 6) is -7.84. The third kappa shape index (κ3) is 29.5. The zero-order valence-corrected chi connectivity index (χ0v) is 75.6. The first-order valence-corrected chi connectivity index (χ1v) is 45.0. The molecular weight excluding hydrogens is 1640 g/mol.